The highest BCUT2D eigenvalue weighted by atomic mass is 16.7. The van der Waals surface area contributed by atoms with Crippen molar-refractivity contribution in [2.24, 2.45) is 0 Å². The number of aliphatic hydroxyl groups is 7. The second-order valence-electron chi connectivity index (χ2n) is 16.4. The lowest BCUT2D eigenvalue weighted by molar-refractivity contribution is -0.303. The molecule has 0 aromatic heterocycles. The second-order valence-corrected chi connectivity index (χ2v) is 16.4. The number of aliphatic hydroxyl groups excluding tert-OH is 7. The lowest BCUT2D eigenvalue weighted by Crippen LogP contribution is -2.60. The molecule has 9 atom stereocenters. The van der Waals surface area contributed by atoms with Gasteiger partial charge in [-0.1, -0.05) is 146 Å². The molecule has 0 aliphatic carbocycles. The van der Waals surface area contributed by atoms with E-state index < -0.39 is 74.2 Å². The minimum atomic E-state index is -1.67. The van der Waals surface area contributed by atoms with Crippen LogP contribution in [0.1, 0.15) is 181 Å². The maximum Gasteiger partial charge on any atom is 0.249 e. The first kappa shape index (κ1) is 55.1. The number of ether oxygens (including phenoxy) is 2. The van der Waals surface area contributed by atoms with Gasteiger partial charge in [-0.3, -0.25) is 4.79 Å². The topological polar surface area (TPSA) is 189 Å². The average Bonchev–Trinajstić information content (AvgIpc) is 3.23. The fraction of sp³-hybridized carbons (Fsp3) is 0.812. The lowest BCUT2D eigenvalue weighted by atomic mass is 9.98. The Morgan fingerprint density at radius 2 is 1.03 bits per heavy atom. The van der Waals surface area contributed by atoms with Crippen molar-refractivity contribution in [3.05, 3.63) is 48.6 Å². The van der Waals surface area contributed by atoms with Crippen molar-refractivity contribution in [1.29, 1.82) is 0 Å². The largest absolute Gasteiger partial charge is 0.394 e. The molecule has 0 aromatic rings. The third-order valence-corrected chi connectivity index (χ3v) is 11.1. The van der Waals surface area contributed by atoms with Crippen LogP contribution in [0.3, 0.4) is 0 Å². The molecule has 0 radical (unpaired) electrons. The minimum Gasteiger partial charge on any atom is -0.394 e. The van der Waals surface area contributed by atoms with E-state index in [1.54, 1.807) is 0 Å². The van der Waals surface area contributed by atoms with Gasteiger partial charge in [0, 0.05) is 0 Å². The number of amides is 1. The Labute approximate surface area is 358 Å². The summed E-state index contributed by atoms with van der Waals surface area (Å²) in [6.07, 6.45) is 33.0. The van der Waals surface area contributed by atoms with Crippen LogP contribution in [0.5, 0.6) is 0 Å². The molecule has 11 nitrogen and oxygen atoms in total. The molecule has 1 aliphatic rings. The third-order valence-electron chi connectivity index (χ3n) is 11.1. The summed E-state index contributed by atoms with van der Waals surface area (Å²) in [5.41, 5.74) is 0. The van der Waals surface area contributed by atoms with Gasteiger partial charge < -0.3 is 50.5 Å². The van der Waals surface area contributed by atoms with Crippen LogP contribution in [0.25, 0.3) is 0 Å². The predicted octanol–water partition coefficient (Wildman–Crippen LogP) is 7.78. The summed E-state index contributed by atoms with van der Waals surface area (Å²) in [5, 5.41) is 75.6. The molecule has 0 spiro atoms. The first-order valence-corrected chi connectivity index (χ1v) is 23.5. The van der Waals surface area contributed by atoms with Gasteiger partial charge in [0.25, 0.3) is 0 Å². The maximum absolute atomic E-state index is 13.1. The molecule has 1 rings (SSSR count). The van der Waals surface area contributed by atoms with Crippen LogP contribution in [0.2, 0.25) is 0 Å². The zero-order chi connectivity index (χ0) is 43.4. The molecule has 344 valence electrons. The molecule has 1 heterocycles. The van der Waals surface area contributed by atoms with Crippen molar-refractivity contribution in [2.45, 2.75) is 236 Å². The van der Waals surface area contributed by atoms with Crippen LogP contribution >= 0.6 is 0 Å². The van der Waals surface area contributed by atoms with Gasteiger partial charge in [0.1, 0.15) is 36.6 Å². The zero-order valence-electron chi connectivity index (χ0n) is 37.0. The molecule has 0 aromatic carbocycles. The van der Waals surface area contributed by atoms with Crippen molar-refractivity contribution in [2.75, 3.05) is 13.2 Å². The average molecular weight is 838 g/mol. The number of rotatable bonds is 38. The Hall–Kier alpha value is -1.93. The summed E-state index contributed by atoms with van der Waals surface area (Å²) in [6.45, 7) is 3.36. The molecule has 8 N–H and O–H groups in total. The molecule has 59 heavy (non-hydrogen) atoms. The molecular formula is C48H87NO10. The van der Waals surface area contributed by atoms with Crippen LogP contribution in [0, 0.1) is 0 Å². The first-order chi connectivity index (χ1) is 28.7. The van der Waals surface area contributed by atoms with E-state index in [2.05, 4.69) is 67.8 Å². The number of hydrogen-bond acceptors (Lipinski definition) is 10. The Kier molecular flexibility index (Phi) is 35.3. The summed E-state index contributed by atoms with van der Waals surface area (Å²) >= 11 is 0. The predicted molar refractivity (Wildman–Crippen MR) is 238 cm³/mol. The highest BCUT2D eigenvalue weighted by Gasteiger charge is 2.44. The second kappa shape index (κ2) is 37.8. The molecule has 1 amide bonds. The number of carbonyl (C=O) groups excluding carboxylic acids is 1. The number of nitrogens with one attached hydrogen (secondary N) is 1. The normalized spacial score (nSPS) is 22.2. The van der Waals surface area contributed by atoms with E-state index in [-0.39, 0.29) is 12.8 Å². The van der Waals surface area contributed by atoms with E-state index >= 15 is 0 Å². The summed E-state index contributed by atoms with van der Waals surface area (Å²) in [7, 11) is 0. The zero-order valence-corrected chi connectivity index (χ0v) is 37.0. The van der Waals surface area contributed by atoms with Gasteiger partial charge in [-0.15, -0.1) is 0 Å². The monoisotopic (exact) mass is 838 g/mol. The highest BCUT2D eigenvalue weighted by molar-refractivity contribution is 5.80. The van der Waals surface area contributed by atoms with Gasteiger partial charge in [-0.2, -0.15) is 0 Å². The molecule has 1 saturated heterocycles. The van der Waals surface area contributed by atoms with E-state index in [9.17, 15) is 40.5 Å². The van der Waals surface area contributed by atoms with Crippen molar-refractivity contribution < 1.29 is 50.0 Å². The van der Waals surface area contributed by atoms with Crippen molar-refractivity contribution in [3.8, 4) is 0 Å². The Morgan fingerprint density at radius 3 is 1.56 bits per heavy atom. The van der Waals surface area contributed by atoms with E-state index in [4.69, 9.17) is 9.47 Å². The summed E-state index contributed by atoms with van der Waals surface area (Å²) < 4.78 is 11.1. The highest BCUT2D eigenvalue weighted by Crippen LogP contribution is 2.23. The number of hydrogen-bond donors (Lipinski definition) is 8. The van der Waals surface area contributed by atoms with Gasteiger partial charge >= 0.3 is 0 Å². The van der Waals surface area contributed by atoms with Gasteiger partial charge in [0.15, 0.2) is 6.29 Å². The van der Waals surface area contributed by atoms with Crippen LogP contribution in [-0.2, 0) is 14.3 Å². The van der Waals surface area contributed by atoms with Gasteiger partial charge in [-0.05, 0) is 83.5 Å². The summed E-state index contributed by atoms with van der Waals surface area (Å²) in [4.78, 5) is 13.1. The maximum atomic E-state index is 13.1. The smallest absolute Gasteiger partial charge is 0.249 e. The molecule has 11 heteroatoms. The Balaban J connectivity index is 2.50. The number of carbonyl (C=O) groups is 1. The van der Waals surface area contributed by atoms with Crippen molar-refractivity contribution in [3.63, 3.8) is 0 Å². The fourth-order valence-corrected chi connectivity index (χ4v) is 7.10. The molecule has 1 aliphatic heterocycles. The first-order valence-electron chi connectivity index (χ1n) is 23.5. The van der Waals surface area contributed by atoms with Crippen molar-refractivity contribution in [1.82, 2.24) is 5.32 Å². The van der Waals surface area contributed by atoms with E-state index in [1.165, 1.54) is 70.6 Å². The van der Waals surface area contributed by atoms with Crippen LogP contribution in [0.4, 0.5) is 0 Å². The SMILES string of the molecule is CCCC/C=C/CC/C=C/CC/C=C/CCCC(O)C(O)C(COC1OC(CO)C(O)C(O)C1O)NC(=O)C(O)CCCCCC/C=C\CCCCCCCCCCC. The van der Waals surface area contributed by atoms with Gasteiger partial charge in [-0.25, -0.2) is 0 Å². The molecular weight excluding hydrogens is 751 g/mol. The summed E-state index contributed by atoms with van der Waals surface area (Å²) in [6, 6.07) is -1.20. The van der Waals surface area contributed by atoms with Crippen LogP contribution < -0.4 is 5.32 Å². The van der Waals surface area contributed by atoms with Crippen LogP contribution in [0.15, 0.2) is 48.6 Å². The van der Waals surface area contributed by atoms with E-state index in [1.807, 2.05) is 0 Å². The standard InChI is InChI=1S/C48H87NO10/c1-3-5-7-9-11-13-15-17-19-20-22-24-26-28-30-32-34-36-41(52)47(57)49-39(38-58-48-46(56)45(55)44(54)42(37-50)59-48)43(53)40(51)35-33-31-29-27-25-23-21-18-16-14-12-10-8-6-4-2/h10,12,18,21-22,24,27,29,39-46,48,50-56H,3-9,11,13-17,19-20,23,25-26,28,30-38H2,1-2H3,(H,49,57)/b12-10+,21-18+,24-22-,29-27+. The lowest BCUT2D eigenvalue weighted by Gasteiger charge is -2.40. The molecule has 1 fully saturated rings. The quantitative estimate of drug-likeness (QED) is 0.0225. The fourth-order valence-electron chi connectivity index (χ4n) is 7.10. The van der Waals surface area contributed by atoms with E-state index in [0.29, 0.717) is 19.3 Å². The molecule has 0 bridgehead atoms. The third kappa shape index (κ3) is 27.6. The summed E-state index contributed by atoms with van der Waals surface area (Å²) in [5.74, 6) is -0.724. The van der Waals surface area contributed by atoms with Crippen molar-refractivity contribution >= 4 is 5.91 Å². The minimum absolute atomic E-state index is 0.234. The Morgan fingerprint density at radius 1 is 0.576 bits per heavy atom. The van der Waals surface area contributed by atoms with Gasteiger partial charge in [0.05, 0.1) is 25.4 Å². The number of unbranched alkanes of at least 4 members (excludes halogenated alkanes) is 18. The van der Waals surface area contributed by atoms with E-state index in [0.717, 1.165) is 64.2 Å². The Bertz CT molecular complexity index is 1100. The number of allylic oxidation sites excluding steroid dienone is 8. The van der Waals surface area contributed by atoms with Crippen LogP contribution in [-0.4, -0.2) is 110 Å². The molecule has 9 unspecified atom stereocenters. The van der Waals surface area contributed by atoms with Gasteiger partial charge in [0.2, 0.25) is 5.91 Å². The molecule has 0 saturated carbocycles.